The Morgan fingerprint density at radius 2 is 1.62 bits per heavy atom. The van der Waals surface area contributed by atoms with Crippen LogP contribution in [0.2, 0.25) is 0 Å². The molecule has 0 spiro atoms. The van der Waals surface area contributed by atoms with E-state index in [1.165, 1.54) is 18.2 Å². The molecule has 0 atom stereocenters. The second kappa shape index (κ2) is 10.2. The normalized spacial score (nSPS) is 11.2. The number of halogens is 3. The zero-order valence-electron chi connectivity index (χ0n) is 15.5. The van der Waals surface area contributed by atoms with Gasteiger partial charge in [-0.15, -0.1) is 13.2 Å². The SMILES string of the molecule is CCOC(=O)/C=C/c1ccc(NCC(=O)Nc2ccc(OC(F)(F)F)cc2)cc1. The molecule has 0 bridgehead atoms. The fourth-order valence-corrected chi connectivity index (χ4v) is 2.19. The lowest BCUT2D eigenvalue weighted by Crippen LogP contribution is -2.21. The van der Waals surface area contributed by atoms with E-state index < -0.39 is 12.3 Å². The number of esters is 1. The summed E-state index contributed by atoms with van der Waals surface area (Å²) in [5, 5.41) is 5.48. The van der Waals surface area contributed by atoms with Gasteiger partial charge in [0, 0.05) is 17.5 Å². The van der Waals surface area contributed by atoms with Gasteiger partial charge in [-0.1, -0.05) is 12.1 Å². The number of hydrogen-bond donors (Lipinski definition) is 2. The molecule has 2 N–H and O–H groups in total. The first-order valence-electron chi connectivity index (χ1n) is 8.59. The van der Waals surface area contributed by atoms with Gasteiger partial charge >= 0.3 is 12.3 Å². The fraction of sp³-hybridized carbons (Fsp3) is 0.200. The fourth-order valence-electron chi connectivity index (χ4n) is 2.19. The molecule has 0 aliphatic rings. The summed E-state index contributed by atoms with van der Waals surface area (Å²) in [4.78, 5) is 23.2. The Balaban J connectivity index is 1.81. The van der Waals surface area contributed by atoms with E-state index in [9.17, 15) is 22.8 Å². The molecule has 2 rings (SSSR count). The monoisotopic (exact) mass is 408 g/mol. The van der Waals surface area contributed by atoms with E-state index in [-0.39, 0.29) is 18.2 Å². The first kappa shape index (κ1) is 21.8. The molecule has 1 amide bonds. The van der Waals surface area contributed by atoms with Crippen molar-refractivity contribution in [3.63, 3.8) is 0 Å². The number of benzene rings is 2. The second-order valence-corrected chi connectivity index (χ2v) is 5.68. The van der Waals surface area contributed by atoms with Crippen LogP contribution in [0, 0.1) is 0 Å². The van der Waals surface area contributed by atoms with Crippen LogP contribution in [0.5, 0.6) is 5.75 Å². The number of rotatable bonds is 8. The number of carbonyl (C=O) groups is 2. The molecule has 0 saturated heterocycles. The van der Waals surface area contributed by atoms with Crippen LogP contribution in [0.4, 0.5) is 24.5 Å². The van der Waals surface area contributed by atoms with Crippen LogP contribution in [-0.4, -0.2) is 31.4 Å². The molecule has 0 radical (unpaired) electrons. The summed E-state index contributed by atoms with van der Waals surface area (Å²) >= 11 is 0. The smallest absolute Gasteiger partial charge is 0.463 e. The topological polar surface area (TPSA) is 76.7 Å². The molecule has 2 aromatic carbocycles. The van der Waals surface area contributed by atoms with Crippen LogP contribution in [0.3, 0.4) is 0 Å². The van der Waals surface area contributed by atoms with E-state index in [4.69, 9.17) is 4.74 Å². The van der Waals surface area contributed by atoms with Gasteiger partial charge in [0.05, 0.1) is 13.2 Å². The van der Waals surface area contributed by atoms with Gasteiger partial charge in [0.1, 0.15) is 5.75 Å². The van der Waals surface area contributed by atoms with Crippen LogP contribution in [0.1, 0.15) is 12.5 Å². The molecular formula is C20H19F3N2O4. The molecule has 0 saturated carbocycles. The van der Waals surface area contributed by atoms with Crippen molar-refractivity contribution >= 4 is 29.3 Å². The van der Waals surface area contributed by atoms with Crippen LogP contribution < -0.4 is 15.4 Å². The summed E-state index contributed by atoms with van der Waals surface area (Å²) in [6.45, 7) is 1.98. The minimum atomic E-state index is -4.77. The van der Waals surface area contributed by atoms with Crippen molar-refractivity contribution in [2.24, 2.45) is 0 Å². The summed E-state index contributed by atoms with van der Waals surface area (Å²) < 4.78 is 44.9. The van der Waals surface area contributed by atoms with Gasteiger partial charge in [-0.2, -0.15) is 0 Å². The number of carbonyl (C=O) groups excluding carboxylic acids is 2. The lowest BCUT2D eigenvalue weighted by molar-refractivity contribution is -0.274. The van der Waals surface area contributed by atoms with E-state index in [1.807, 2.05) is 0 Å². The minimum absolute atomic E-state index is 0.0428. The predicted octanol–water partition coefficient (Wildman–Crippen LogP) is 4.21. The standard InChI is InChI=1S/C20H19F3N2O4/c1-2-28-19(27)12-5-14-3-6-15(7-4-14)24-13-18(26)25-16-8-10-17(11-9-16)29-20(21,22)23/h3-12,24H,2,13H2,1H3,(H,25,26)/b12-5+. The van der Waals surface area contributed by atoms with E-state index in [2.05, 4.69) is 15.4 Å². The molecule has 0 aliphatic carbocycles. The predicted molar refractivity (Wildman–Crippen MR) is 102 cm³/mol. The Morgan fingerprint density at radius 3 is 2.21 bits per heavy atom. The third kappa shape index (κ3) is 8.37. The van der Waals surface area contributed by atoms with Crippen molar-refractivity contribution in [3.8, 4) is 5.75 Å². The van der Waals surface area contributed by atoms with E-state index in [0.29, 0.717) is 18.0 Å². The Hall–Kier alpha value is -3.49. The second-order valence-electron chi connectivity index (χ2n) is 5.68. The van der Waals surface area contributed by atoms with Crippen LogP contribution in [0.15, 0.2) is 54.6 Å². The van der Waals surface area contributed by atoms with Gasteiger partial charge in [-0.05, 0) is 55.0 Å². The van der Waals surface area contributed by atoms with Crippen molar-refractivity contribution < 1.29 is 32.2 Å². The van der Waals surface area contributed by atoms with Gasteiger partial charge in [0.2, 0.25) is 5.91 Å². The summed E-state index contributed by atoms with van der Waals surface area (Å²) in [6, 6.07) is 11.8. The Kier molecular flexibility index (Phi) is 7.64. The zero-order chi connectivity index (χ0) is 21.3. The van der Waals surface area contributed by atoms with Crippen molar-refractivity contribution in [1.82, 2.24) is 0 Å². The largest absolute Gasteiger partial charge is 0.573 e. The van der Waals surface area contributed by atoms with Gasteiger partial charge in [-0.25, -0.2) is 4.79 Å². The van der Waals surface area contributed by atoms with E-state index in [1.54, 1.807) is 37.3 Å². The highest BCUT2D eigenvalue weighted by Crippen LogP contribution is 2.23. The zero-order valence-corrected chi connectivity index (χ0v) is 15.5. The number of anilines is 2. The lowest BCUT2D eigenvalue weighted by Gasteiger charge is -2.10. The number of amides is 1. The first-order valence-corrected chi connectivity index (χ1v) is 8.59. The van der Waals surface area contributed by atoms with Gasteiger partial charge in [0.25, 0.3) is 0 Å². The molecule has 29 heavy (non-hydrogen) atoms. The molecule has 0 aliphatic heterocycles. The quantitative estimate of drug-likeness (QED) is 0.506. The molecule has 0 heterocycles. The highest BCUT2D eigenvalue weighted by atomic mass is 19.4. The van der Waals surface area contributed by atoms with Crippen LogP contribution in [-0.2, 0) is 14.3 Å². The summed E-state index contributed by atoms with van der Waals surface area (Å²) in [5.41, 5.74) is 1.81. The number of hydrogen-bond acceptors (Lipinski definition) is 5. The number of alkyl halides is 3. The van der Waals surface area contributed by atoms with Gasteiger partial charge in [-0.3, -0.25) is 4.79 Å². The van der Waals surface area contributed by atoms with Crippen LogP contribution >= 0.6 is 0 Å². The molecular weight excluding hydrogens is 389 g/mol. The maximum Gasteiger partial charge on any atom is 0.573 e. The molecule has 0 fully saturated rings. The summed E-state index contributed by atoms with van der Waals surface area (Å²) in [7, 11) is 0. The lowest BCUT2D eigenvalue weighted by atomic mass is 10.2. The summed E-state index contributed by atoms with van der Waals surface area (Å²) in [5.74, 6) is -1.17. The van der Waals surface area contributed by atoms with Crippen molar-refractivity contribution in [3.05, 3.63) is 60.2 Å². The summed E-state index contributed by atoms with van der Waals surface area (Å²) in [6.07, 6.45) is -1.83. The van der Waals surface area contributed by atoms with Crippen LogP contribution in [0.25, 0.3) is 6.08 Å². The van der Waals surface area contributed by atoms with E-state index in [0.717, 1.165) is 17.7 Å². The maximum atomic E-state index is 12.1. The third-order valence-electron chi connectivity index (χ3n) is 3.43. The highest BCUT2D eigenvalue weighted by molar-refractivity contribution is 5.93. The van der Waals surface area contributed by atoms with Gasteiger partial charge in [0.15, 0.2) is 0 Å². The van der Waals surface area contributed by atoms with Crippen molar-refractivity contribution in [2.75, 3.05) is 23.8 Å². The number of nitrogens with one attached hydrogen (secondary N) is 2. The molecule has 2 aromatic rings. The molecule has 6 nitrogen and oxygen atoms in total. The number of ether oxygens (including phenoxy) is 2. The molecule has 0 aromatic heterocycles. The maximum absolute atomic E-state index is 12.1. The van der Waals surface area contributed by atoms with Gasteiger partial charge < -0.3 is 20.1 Å². The molecule has 154 valence electrons. The average Bonchev–Trinajstić information content (AvgIpc) is 2.66. The van der Waals surface area contributed by atoms with Crippen molar-refractivity contribution in [2.45, 2.75) is 13.3 Å². The molecule has 0 unspecified atom stereocenters. The van der Waals surface area contributed by atoms with E-state index >= 15 is 0 Å². The highest BCUT2D eigenvalue weighted by Gasteiger charge is 2.30. The molecule has 9 heteroatoms. The Labute approximate surface area is 165 Å². The third-order valence-corrected chi connectivity index (χ3v) is 3.43. The van der Waals surface area contributed by atoms with Crippen molar-refractivity contribution in [1.29, 1.82) is 0 Å². The Morgan fingerprint density at radius 1 is 1.00 bits per heavy atom. The minimum Gasteiger partial charge on any atom is -0.463 e. The Bertz CT molecular complexity index is 848. The average molecular weight is 408 g/mol. The first-order chi connectivity index (χ1) is 13.7.